The number of nitrogens with zero attached hydrogens (tertiary/aromatic N) is 1. The highest BCUT2D eigenvalue weighted by Gasteiger charge is 2.17. The lowest BCUT2D eigenvalue weighted by molar-refractivity contribution is -0.116. The number of hydrogen-bond donors (Lipinski definition) is 1. The van der Waals surface area contributed by atoms with Gasteiger partial charge in [0.25, 0.3) is 5.91 Å². The van der Waals surface area contributed by atoms with Gasteiger partial charge in [0.1, 0.15) is 5.82 Å². The first-order valence-electron chi connectivity index (χ1n) is 5.91. The van der Waals surface area contributed by atoms with Gasteiger partial charge < -0.3 is 14.6 Å². The molecule has 0 bridgehead atoms. The summed E-state index contributed by atoms with van der Waals surface area (Å²) in [6, 6.07) is 8.91. The van der Waals surface area contributed by atoms with Gasteiger partial charge in [-0.15, -0.1) is 0 Å². The van der Waals surface area contributed by atoms with Crippen LogP contribution in [-0.2, 0) is 4.79 Å². The van der Waals surface area contributed by atoms with E-state index in [-0.39, 0.29) is 18.0 Å². The van der Waals surface area contributed by atoms with E-state index in [1.54, 1.807) is 12.1 Å². The van der Waals surface area contributed by atoms with Crippen molar-refractivity contribution in [3.05, 3.63) is 54.2 Å². The van der Waals surface area contributed by atoms with Crippen LogP contribution in [0.1, 0.15) is 10.6 Å². The van der Waals surface area contributed by atoms with E-state index in [1.807, 2.05) is 0 Å². The zero-order chi connectivity index (χ0) is 14.5. The Balaban J connectivity index is 1.95. The molecule has 0 aliphatic carbocycles. The zero-order valence-electron chi connectivity index (χ0n) is 10.8. The second kappa shape index (κ2) is 6.01. The fourth-order valence-electron chi connectivity index (χ4n) is 1.63. The van der Waals surface area contributed by atoms with Crippen LogP contribution in [0.5, 0.6) is 0 Å². The highest BCUT2D eigenvalue weighted by molar-refractivity contribution is 5.97. The van der Waals surface area contributed by atoms with E-state index in [2.05, 4.69) is 5.32 Å². The van der Waals surface area contributed by atoms with Gasteiger partial charge in [0.2, 0.25) is 5.91 Å². The molecule has 0 unspecified atom stereocenters. The van der Waals surface area contributed by atoms with Gasteiger partial charge in [0.05, 0.1) is 18.5 Å². The zero-order valence-corrected chi connectivity index (χ0v) is 10.8. The molecular formula is C14H13FN2O3. The number of likely N-dealkylation sites (N-methyl/N-ethyl adjacent to an activating group) is 1. The number of amides is 2. The molecule has 0 aliphatic rings. The molecule has 104 valence electrons. The van der Waals surface area contributed by atoms with Crippen LogP contribution in [0.25, 0.3) is 0 Å². The predicted molar refractivity (Wildman–Crippen MR) is 70.7 cm³/mol. The maximum atomic E-state index is 13.4. The third-order valence-corrected chi connectivity index (χ3v) is 2.61. The molecule has 0 spiro atoms. The molecule has 0 fully saturated rings. The molecule has 6 heteroatoms. The van der Waals surface area contributed by atoms with E-state index in [0.29, 0.717) is 0 Å². The third kappa shape index (κ3) is 3.23. The van der Waals surface area contributed by atoms with Crippen LogP contribution in [0.15, 0.2) is 47.1 Å². The fraction of sp³-hybridized carbons (Fsp3) is 0.143. The Bertz CT molecular complexity index is 611. The largest absolute Gasteiger partial charge is 0.459 e. The second-order valence-corrected chi connectivity index (χ2v) is 4.17. The molecule has 0 aliphatic heterocycles. The summed E-state index contributed by atoms with van der Waals surface area (Å²) in [5.74, 6) is -1.29. The quantitative estimate of drug-likeness (QED) is 0.930. The smallest absolute Gasteiger partial charge is 0.289 e. The summed E-state index contributed by atoms with van der Waals surface area (Å²) in [6.07, 6.45) is 1.38. The Morgan fingerprint density at radius 2 is 2.00 bits per heavy atom. The Hall–Kier alpha value is -2.63. The number of hydrogen-bond acceptors (Lipinski definition) is 3. The van der Waals surface area contributed by atoms with Crippen molar-refractivity contribution in [2.75, 3.05) is 18.9 Å². The van der Waals surface area contributed by atoms with Gasteiger partial charge in [-0.05, 0) is 24.3 Å². The molecule has 0 saturated carbocycles. The number of benzene rings is 1. The number of rotatable bonds is 4. The van der Waals surface area contributed by atoms with Crippen LogP contribution in [0.3, 0.4) is 0 Å². The van der Waals surface area contributed by atoms with Crippen molar-refractivity contribution in [1.29, 1.82) is 0 Å². The first kappa shape index (κ1) is 13.8. The Morgan fingerprint density at radius 3 is 2.65 bits per heavy atom. The van der Waals surface area contributed by atoms with Crippen LogP contribution >= 0.6 is 0 Å². The maximum Gasteiger partial charge on any atom is 0.289 e. The van der Waals surface area contributed by atoms with Crippen molar-refractivity contribution in [3.8, 4) is 0 Å². The van der Waals surface area contributed by atoms with Gasteiger partial charge in [0, 0.05) is 7.05 Å². The van der Waals surface area contributed by atoms with E-state index in [1.165, 1.54) is 42.5 Å². The van der Waals surface area contributed by atoms with Crippen LogP contribution < -0.4 is 5.32 Å². The van der Waals surface area contributed by atoms with Crippen molar-refractivity contribution >= 4 is 17.5 Å². The topological polar surface area (TPSA) is 62.6 Å². The van der Waals surface area contributed by atoms with Crippen molar-refractivity contribution in [2.24, 2.45) is 0 Å². The summed E-state index contributed by atoms with van der Waals surface area (Å²) in [4.78, 5) is 24.8. The van der Waals surface area contributed by atoms with E-state index in [0.717, 1.165) is 0 Å². The summed E-state index contributed by atoms with van der Waals surface area (Å²) in [5.41, 5.74) is 0.0800. The van der Waals surface area contributed by atoms with Crippen molar-refractivity contribution in [3.63, 3.8) is 0 Å². The fourth-order valence-corrected chi connectivity index (χ4v) is 1.63. The lowest BCUT2D eigenvalue weighted by Crippen LogP contribution is -2.34. The number of halogens is 1. The number of carbonyl (C=O) groups excluding carboxylic acids is 2. The van der Waals surface area contributed by atoms with Crippen LogP contribution in [0, 0.1) is 5.82 Å². The standard InChI is InChI=1S/C14H13FN2O3/c1-17(14(19)12-7-4-8-20-12)9-13(18)16-11-6-3-2-5-10(11)15/h2-8H,9H2,1H3,(H,16,18). The van der Waals surface area contributed by atoms with Crippen LogP contribution in [0.2, 0.25) is 0 Å². The summed E-state index contributed by atoms with van der Waals surface area (Å²) in [5, 5.41) is 2.40. The van der Waals surface area contributed by atoms with E-state index in [4.69, 9.17) is 4.42 Å². The third-order valence-electron chi connectivity index (χ3n) is 2.61. The Morgan fingerprint density at radius 1 is 1.25 bits per heavy atom. The van der Waals surface area contributed by atoms with Crippen molar-refractivity contribution in [1.82, 2.24) is 4.90 Å². The molecule has 0 radical (unpaired) electrons. The van der Waals surface area contributed by atoms with Gasteiger partial charge in [-0.2, -0.15) is 0 Å². The lowest BCUT2D eigenvalue weighted by atomic mass is 10.3. The number of para-hydroxylation sites is 1. The highest BCUT2D eigenvalue weighted by Crippen LogP contribution is 2.12. The van der Waals surface area contributed by atoms with Gasteiger partial charge in [0.15, 0.2) is 5.76 Å². The number of nitrogens with one attached hydrogen (secondary N) is 1. The summed E-state index contributed by atoms with van der Waals surface area (Å²) in [7, 11) is 1.46. The number of anilines is 1. The normalized spacial score (nSPS) is 10.1. The van der Waals surface area contributed by atoms with Gasteiger partial charge in [-0.3, -0.25) is 9.59 Å². The minimum absolute atomic E-state index is 0.0800. The minimum Gasteiger partial charge on any atom is -0.459 e. The molecule has 1 N–H and O–H groups in total. The summed E-state index contributed by atoms with van der Waals surface area (Å²) in [6.45, 7) is -0.201. The van der Waals surface area contributed by atoms with E-state index in [9.17, 15) is 14.0 Å². The molecule has 1 heterocycles. The first-order valence-corrected chi connectivity index (χ1v) is 5.91. The second-order valence-electron chi connectivity index (χ2n) is 4.17. The lowest BCUT2D eigenvalue weighted by Gasteiger charge is -2.15. The summed E-state index contributed by atoms with van der Waals surface area (Å²) < 4.78 is 18.3. The van der Waals surface area contributed by atoms with Crippen LogP contribution in [-0.4, -0.2) is 30.3 Å². The molecule has 2 aromatic rings. The van der Waals surface area contributed by atoms with Gasteiger partial charge in [-0.1, -0.05) is 12.1 Å². The molecule has 20 heavy (non-hydrogen) atoms. The Labute approximate surface area is 115 Å². The molecule has 2 rings (SSSR count). The molecule has 2 amide bonds. The molecular weight excluding hydrogens is 263 g/mol. The molecule has 5 nitrogen and oxygen atoms in total. The average molecular weight is 276 g/mol. The number of furan rings is 1. The maximum absolute atomic E-state index is 13.4. The molecule has 0 atom stereocenters. The van der Waals surface area contributed by atoms with E-state index < -0.39 is 17.6 Å². The summed E-state index contributed by atoms with van der Waals surface area (Å²) >= 11 is 0. The highest BCUT2D eigenvalue weighted by atomic mass is 19.1. The first-order chi connectivity index (χ1) is 9.58. The Kier molecular flexibility index (Phi) is 4.14. The monoisotopic (exact) mass is 276 g/mol. The molecule has 1 aromatic heterocycles. The van der Waals surface area contributed by atoms with Gasteiger partial charge in [-0.25, -0.2) is 4.39 Å². The minimum atomic E-state index is -0.527. The van der Waals surface area contributed by atoms with Crippen LogP contribution in [0.4, 0.5) is 10.1 Å². The predicted octanol–water partition coefficient (Wildman–Crippen LogP) is 2.13. The van der Waals surface area contributed by atoms with E-state index >= 15 is 0 Å². The molecule has 1 aromatic carbocycles. The molecule has 0 saturated heterocycles. The SMILES string of the molecule is CN(CC(=O)Nc1ccccc1F)C(=O)c1ccco1. The average Bonchev–Trinajstić information content (AvgIpc) is 2.94. The van der Waals surface area contributed by atoms with Crippen molar-refractivity contribution in [2.45, 2.75) is 0 Å². The van der Waals surface area contributed by atoms with Gasteiger partial charge >= 0.3 is 0 Å². The number of carbonyl (C=O) groups is 2. The van der Waals surface area contributed by atoms with Crippen molar-refractivity contribution < 1.29 is 18.4 Å².